The summed E-state index contributed by atoms with van der Waals surface area (Å²) in [6.07, 6.45) is 0.993. The second-order valence-electron chi connectivity index (χ2n) is 4.52. The number of hydrogen-bond acceptors (Lipinski definition) is 2. The summed E-state index contributed by atoms with van der Waals surface area (Å²) in [5, 5.41) is 2.49. The Morgan fingerprint density at radius 3 is 2.63 bits per heavy atom. The Hall–Kier alpha value is -1.87. The van der Waals surface area contributed by atoms with Gasteiger partial charge < -0.3 is 10.7 Å². The van der Waals surface area contributed by atoms with Gasteiger partial charge in [-0.2, -0.15) is 0 Å². The van der Waals surface area contributed by atoms with Crippen molar-refractivity contribution in [1.82, 2.24) is 4.98 Å². The fraction of sp³-hybridized carbons (Fsp3) is 0.125. The molecule has 2 aromatic carbocycles. The van der Waals surface area contributed by atoms with Crippen molar-refractivity contribution in [3.63, 3.8) is 0 Å². The number of para-hydroxylation sites is 2. The smallest absolute Gasteiger partial charge is 0.0732 e. The van der Waals surface area contributed by atoms with E-state index >= 15 is 0 Å². The molecular formula is C16H16N2S. The van der Waals surface area contributed by atoms with Crippen molar-refractivity contribution in [2.45, 2.75) is 11.4 Å². The van der Waals surface area contributed by atoms with Crippen LogP contribution in [0.4, 0.5) is 5.69 Å². The lowest BCUT2D eigenvalue weighted by atomic mass is 10.1. The van der Waals surface area contributed by atoms with Crippen LogP contribution >= 0.6 is 11.8 Å². The number of H-pyrrole nitrogens is 1. The highest BCUT2D eigenvalue weighted by molar-refractivity contribution is 7.99. The first-order valence-electron chi connectivity index (χ1n) is 6.37. The van der Waals surface area contributed by atoms with E-state index in [1.54, 1.807) is 0 Å². The van der Waals surface area contributed by atoms with Crippen molar-refractivity contribution < 1.29 is 0 Å². The van der Waals surface area contributed by atoms with Crippen LogP contribution in [0.3, 0.4) is 0 Å². The number of rotatable bonds is 4. The van der Waals surface area contributed by atoms with Gasteiger partial charge in [0.2, 0.25) is 0 Å². The van der Waals surface area contributed by atoms with Gasteiger partial charge in [0.05, 0.1) is 5.03 Å². The van der Waals surface area contributed by atoms with Crippen LogP contribution in [0.5, 0.6) is 0 Å². The molecule has 0 radical (unpaired) electrons. The van der Waals surface area contributed by atoms with E-state index in [1.807, 2.05) is 30.0 Å². The van der Waals surface area contributed by atoms with E-state index in [0.29, 0.717) is 0 Å². The highest BCUT2D eigenvalue weighted by Gasteiger charge is 2.02. The molecule has 3 aromatic rings. The molecule has 3 rings (SSSR count). The Labute approximate surface area is 117 Å². The summed E-state index contributed by atoms with van der Waals surface area (Å²) in [5.74, 6) is 1.03. The lowest BCUT2D eigenvalue weighted by Crippen LogP contribution is -1.95. The molecule has 2 nitrogen and oxygen atoms in total. The van der Waals surface area contributed by atoms with Gasteiger partial charge in [-0.05, 0) is 30.2 Å². The van der Waals surface area contributed by atoms with Gasteiger partial charge >= 0.3 is 0 Å². The van der Waals surface area contributed by atoms with Crippen molar-refractivity contribution in [2.75, 3.05) is 11.5 Å². The van der Waals surface area contributed by atoms with Crippen molar-refractivity contribution in [3.05, 3.63) is 60.2 Å². The lowest BCUT2D eigenvalue weighted by molar-refractivity contribution is 1.15. The number of benzene rings is 2. The minimum Gasteiger partial charge on any atom is -0.399 e. The summed E-state index contributed by atoms with van der Waals surface area (Å²) in [4.78, 5) is 3.43. The highest BCUT2D eigenvalue weighted by atomic mass is 32.2. The molecule has 3 N–H and O–H groups in total. The first-order valence-corrected chi connectivity index (χ1v) is 7.35. The van der Waals surface area contributed by atoms with Crippen molar-refractivity contribution in [3.8, 4) is 0 Å². The number of aryl methyl sites for hydroxylation is 1. The molecule has 96 valence electrons. The van der Waals surface area contributed by atoms with Crippen LogP contribution < -0.4 is 5.73 Å². The summed E-state index contributed by atoms with van der Waals surface area (Å²) in [6.45, 7) is 0. The zero-order valence-electron chi connectivity index (χ0n) is 10.6. The minimum absolute atomic E-state index is 0.889. The topological polar surface area (TPSA) is 41.8 Å². The van der Waals surface area contributed by atoms with E-state index in [0.717, 1.165) is 17.9 Å². The third-order valence-corrected chi connectivity index (χ3v) is 4.13. The summed E-state index contributed by atoms with van der Waals surface area (Å²) < 4.78 is 0. The summed E-state index contributed by atoms with van der Waals surface area (Å²) in [7, 11) is 0. The molecule has 0 fully saturated rings. The maximum Gasteiger partial charge on any atom is 0.0732 e. The summed E-state index contributed by atoms with van der Waals surface area (Å²) in [6, 6.07) is 18.6. The quantitative estimate of drug-likeness (QED) is 0.553. The molecule has 1 aromatic heterocycles. The van der Waals surface area contributed by atoms with E-state index < -0.39 is 0 Å². The van der Waals surface area contributed by atoms with E-state index in [2.05, 4.69) is 41.4 Å². The van der Waals surface area contributed by atoms with Gasteiger partial charge in [0.15, 0.2) is 0 Å². The molecular weight excluding hydrogens is 252 g/mol. The molecule has 1 heterocycles. The number of nitrogens with two attached hydrogens (primary N) is 1. The average Bonchev–Trinajstić information content (AvgIpc) is 2.83. The monoisotopic (exact) mass is 268 g/mol. The van der Waals surface area contributed by atoms with Gasteiger partial charge in [0, 0.05) is 22.3 Å². The van der Waals surface area contributed by atoms with E-state index in [4.69, 9.17) is 5.73 Å². The zero-order valence-corrected chi connectivity index (χ0v) is 11.4. The fourth-order valence-electron chi connectivity index (χ4n) is 2.16. The predicted octanol–water partition coefficient (Wildman–Crippen LogP) is 4.08. The highest BCUT2D eigenvalue weighted by Crippen LogP contribution is 2.24. The van der Waals surface area contributed by atoms with E-state index in [9.17, 15) is 0 Å². The predicted molar refractivity (Wildman–Crippen MR) is 83.6 cm³/mol. The van der Waals surface area contributed by atoms with Crippen molar-refractivity contribution in [2.24, 2.45) is 0 Å². The maximum atomic E-state index is 5.94. The molecule has 0 aliphatic rings. The Bertz CT molecular complexity index is 655. The molecule has 19 heavy (non-hydrogen) atoms. The first kappa shape index (κ1) is 12.2. The number of aromatic nitrogens is 1. The fourth-order valence-corrected chi connectivity index (χ4v) is 3.09. The van der Waals surface area contributed by atoms with Crippen LogP contribution in [0.25, 0.3) is 10.9 Å². The number of anilines is 1. The van der Waals surface area contributed by atoms with Crippen LogP contribution in [-0.2, 0) is 6.42 Å². The molecule has 0 aliphatic heterocycles. The second-order valence-corrected chi connectivity index (χ2v) is 5.65. The number of thioether (sulfide) groups is 1. The Morgan fingerprint density at radius 2 is 1.79 bits per heavy atom. The number of hydrogen-bond donors (Lipinski definition) is 2. The van der Waals surface area contributed by atoms with Crippen LogP contribution in [0.15, 0.2) is 59.6 Å². The summed E-state index contributed by atoms with van der Waals surface area (Å²) in [5.41, 5.74) is 9.26. The minimum atomic E-state index is 0.889. The Kier molecular flexibility index (Phi) is 3.47. The number of nitrogen functional groups attached to an aromatic ring is 1. The molecule has 0 unspecified atom stereocenters. The van der Waals surface area contributed by atoms with Gasteiger partial charge in [-0.25, -0.2) is 0 Å². The molecule has 0 saturated heterocycles. The second kappa shape index (κ2) is 5.41. The molecule has 3 heteroatoms. The van der Waals surface area contributed by atoms with Gasteiger partial charge in [-0.3, -0.25) is 0 Å². The number of nitrogens with one attached hydrogen (secondary N) is 1. The van der Waals surface area contributed by atoms with Gasteiger partial charge in [-0.15, -0.1) is 11.8 Å². The third kappa shape index (κ3) is 2.76. The Balaban J connectivity index is 1.65. The maximum absolute atomic E-state index is 5.94. The third-order valence-electron chi connectivity index (χ3n) is 3.19. The largest absolute Gasteiger partial charge is 0.399 e. The lowest BCUT2D eigenvalue weighted by Gasteiger charge is -2.04. The van der Waals surface area contributed by atoms with Gasteiger partial charge in [0.25, 0.3) is 0 Å². The van der Waals surface area contributed by atoms with Crippen molar-refractivity contribution in [1.29, 1.82) is 0 Å². The standard InChI is InChI=1S/C16H16N2S/c17-14-7-3-1-5-12(14)9-10-19-16-11-13-6-2-4-8-15(13)18-16/h1-8,11,18H,9-10,17H2. The molecule has 0 saturated carbocycles. The number of fused-ring (bicyclic) bond motifs is 1. The first-order chi connectivity index (χ1) is 9.33. The average molecular weight is 268 g/mol. The summed E-state index contributed by atoms with van der Waals surface area (Å²) >= 11 is 1.84. The molecule has 0 atom stereocenters. The SMILES string of the molecule is Nc1ccccc1CCSc1cc2ccccc2[nH]1. The van der Waals surface area contributed by atoms with Crippen LogP contribution in [0.1, 0.15) is 5.56 Å². The van der Waals surface area contributed by atoms with Gasteiger partial charge in [0.1, 0.15) is 0 Å². The van der Waals surface area contributed by atoms with Gasteiger partial charge in [-0.1, -0.05) is 36.4 Å². The van der Waals surface area contributed by atoms with Crippen molar-refractivity contribution >= 4 is 28.4 Å². The van der Waals surface area contributed by atoms with Crippen LogP contribution in [-0.4, -0.2) is 10.7 Å². The van der Waals surface area contributed by atoms with E-state index in [-0.39, 0.29) is 0 Å². The molecule has 0 spiro atoms. The molecule has 0 bridgehead atoms. The normalized spacial score (nSPS) is 10.9. The molecule has 0 amide bonds. The zero-order chi connectivity index (χ0) is 13.1. The van der Waals surface area contributed by atoms with Crippen LogP contribution in [0, 0.1) is 0 Å². The molecule has 0 aliphatic carbocycles. The van der Waals surface area contributed by atoms with Crippen LogP contribution in [0.2, 0.25) is 0 Å². The number of aromatic amines is 1. The Morgan fingerprint density at radius 1 is 1.00 bits per heavy atom. The van der Waals surface area contributed by atoms with E-state index in [1.165, 1.54) is 21.5 Å².